The van der Waals surface area contributed by atoms with E-state index >= 15 is 0 Å². The Kier molecular flexibility index (Phi) is 6.49. The van der Waals surface area contributed by atoms with Crippen molar-refractivity contribution in [2.75, 3.05) is 13.7 Å². The Hall–Kier alpha value is -1.75. The molecule has 1 rings (SSSR count). The van der Waals surface area contributed by atoms with Gasteiger partial charge in [-0.15, -0.1) is 0 Å². The highest BCUT2D eigenvalue weighted by molar-refractivity contribution is 5.80. The van der Waals surface area contributed by atoms with Crippen molar-refractivity contribution < 1.29 is 14.3 Å². The Labute approximate surface area is 126 Å². The van der Waals surface area contributed by atoms with Crippen LogP contribution >= 0.6 is 0 Å². The van der Waals surface area contributed by atoms with Crippen LogP contribution in [0.1, 0.15) is 39.3 Å². The SMILES string of the molecule is COc1cc(C(C)N)ccc1OC(C)C(=O)NCC(C)C. The fourth-order valence-corrected chi connectivity index (χ4v) is 1.76. The van der Waals surface area contributed by atoms with Gasteiger partial charge in [-0.25, -0.2) is 0 Å². The number of carbonyl (C=O) groups excluding carboxylic acids is 1. The van der Waals surface area contributed by atoms with Gasteiger partial charge in [-0.05, 0) is 37.5 Å². The number of benzene rings is 1. The van der Waals surface area contributed by atoms with E-state index in [-0.39, 0.29) is 11.9 Å². The fourth-order valence-electron chi connectivity index (χ4n) is 1.76. The minimum absolute atomic E-state index is 0.0836. The predicted octanol–water partition coefficient (Wildman–Crippen LogP) is 2.25. The Balaban J connectivity index is 2.75. The van der Waals surface area contributed by atoms with Gasteiger partial charge in [-0.2, -0.15) is 0 Å². The van der Waals surface area contributed by atoms with E-state index in [0.29, 0.717) is 24.0 Å². The zero-order chi connectivity index (χ0) is 16.0. The summed E-state index contributed by atoms with van der Waals surface area (Å²) in [5, 5.41) is 2.84. The molecule has 2 atom stereocenters. The summed E-state index contributed by atoms with van der Waals surface area (Å²) in [6.07, 6.45) is -0.584. The molecule has 3 N–H and O–H groups in total. The molecule has 0 saturated heterocycles. The molecule has 0 saturated carbocycles. The first-order valence-corrected chi connectivity index (χ1v) is 7.23. The summed E-state index contributed by atoms with van der Waals surface area (Å²) in [5.74, 6) is 1.38. The highest BCUT2D eigenvalue weighted by Crippen LogP contribution is 2.30. The number of carbonyl (C=O) groups is 1. The lowest BCUT2D eigenvalue weighted by Crippen LogP contribution is -2.38. The standard InChI is InChI=1S/C16H26N2O3/c1-10(2)9-18-16(19)12(4)21-14-7-6-13(11(3)17)8-15(14)20-5/h6-8,10-12H,9,17H2,1-5H3,(H,18,19). The topological polar surface area (TPSA) is 73.6 Å². The third kappa shape index (κ3) is 5.27. The fraction of sp³-hybridized carbons (Fsp3) is 0.562. The lowest BCUT2D eigenvalue weighted by Gasteiger charge is -2.18. The molecule has 0 bridgehead atoms. The quantitative estimate of drug-likeness (QED) is 0.809. The van der Waals surface area contributed by atoms with Crippen LogP contribution in [0.15, 0.2) is 18.2 Å². The average molecular weight is 294 g/mol. The van der Waals surface area contributed by atoms with Crippen LogP contribution in [0, 0.1) is 5.92 Å². The third-order valence-corrected chi connectivity index (χ3v) is 3.07. The van der Waals surface area contributed by atoms with Gasteiger partial charge in [0.05, 0.1) is 7.11 Å². The molecule has 21 heavy (non-hydrogen) atoms. The predicted molar refractivity (Wildman–Crippen MR) is 83.5 cm³/mol. The zero-order valence-corrected chi connectivity index (χ0v) is 13.5. The summed E-state index contributed by atoms with van der Waals surface area (Å²) in [6, 6.07) is 5.41. The molecule has 0 radical (unpaired) electrons. The second-order valence-electron chi connectivity index (χ2n) is 5.60. The van der Waals surface area contributed by atoms with E-state index in [2.05, 4.69) is 5.32 Å². The molecule has 0 fully saturated rings. The van der Waals surface area contributed by atoms with Gasteiger partial charge in [0.15, 0.2) is 17.6 Å². The normalized spacial score (nSPS) is 13.7. The van der Waals surface area contributed by atoms with Crippen molar-refractivity contribution in [1.82, 2.24) is 5.32 Å². The van der Waals surface area contributed by atoms with E-state index in [9.17, 15) is 4.79 Å². The van der Waals surface area contributed by atoms with Gasteiger partial charge >= 0.3 is 0 Å². The van der Waals surface area contributed by atoms with Crippen molar-refractivity contribution in [2.24, 2.45) is 11.7 Å². The number of amides is 1. The van der Waals surface area contributed by atoms with E-state index in [1.54, 1.807) is 20.1 Å². The number of hydrogen-bond donors (Lipinski definition) is 2. The summed E-state index contributed by atoms with van der Waals surface area (Å²) in [5.41, 5.74) is 6.80. The Bertz CT molecular complexity index is 473. The van der Waals surface area contributed by atoms with E-state index < -0.39 is 6.10 Å². The van der Waals surface area contributed by atoms with Gasteiger partial charge in [0.1, 0.15) is 0 Å². The number of nitrogens with one attached hydrogen (secondary N) is 1. The number of methoxy groups -OCH3 is 1. The molecule has 5 heteroatoms. The largest absolute Gasteiger partial charge is 0.493 e. The van der Waals surface area contributed by atoms with Crippen LogP contribution in [0.5, 0.6) is 11.5 Å². The molecule has 0 aliphatic rings. The van der Waals surface area contributed by atoms with Crippen molar-refractivity contribution in [3.63, 3.8) is 0 Å². The molecule has 0 spiro atoms. The number of hydrogen-bond acceptors (Lipinski definition) is 4. The van der Waals surface area contributed by atoms with Gasteiger partial charge in [0.2, 0.25) is 0 Å². The lowest BCUT2D eigenvalue weighted by molar-refractivity contribution is -0.127. The van der Waals surface area contributed by atoms with Crippen LogP contribution in [-0.2, 0) is 4.79 Å². The van der Waals surface area contributed by atoms with E-state index in [1.807, 2.05) is 32.9 Å². The van der Waals surface area contributed by atoms with Crippen LogP contribution < -0.4 is 20.5 Å². The maximum absolute atomic E-state index is 11.9. The first kappa shape index (κ1) is 17.3. The van der Waals surface area contributed by atoms with Crippen molar-refractivity contribution in [1.29, 1.82) is 0 Å². The number of rotatable bonds is 7. The van der Waals surface area contributed by atoms with Crippen LogP contribution in [0.3, 0.4) is 0 Å². The Morgan fingerprint density at radius 2 is 1.90 bits per heavy atom. The minimum Gasteiger partial charge on any atom is -0.493 e. The third-order valence-electron chi connectivity index (χ3n) is 3.07. The minimum atomic E-state index is -0.584. The zero-order valence-electron chi connectivity index (χ0n) is 13.5. The highest BCUT2D eigenvalue weighted by Gasteiger charge is 2.17. The summed E-state index contributed by atoms with van der Waals surface area (Å²) in [6.45, 7) is 8.34. The van der Waals surface area contributed by atoms with Crippen LogP contribution in [-0.4, -0.2) is 25.7 Å². The second-order valence-corrected chi connectivity index (χ2v) is 5.60. The summed E-state index contributed by atoms with van der Waals surface area (Å²) < 4.78 is 11.0. The smallest absolute Gasteiger partial charge is 0.260 e. The Morgan fingerprint density at radius 3 is 2.43 bits per heavy atom. The van der Waals surface area contributed by atoms with Crippen molar-refractivity contribution in [2.45, 2.75) is 39.8 Å². The molecular weight excluding hydrogens is 268 g/mol. The van der Waals surface area contributed by atoms with E-state index in [4.69, 9.17) is 15.2 Å². The molecule has 118 valence electrons. The van der Waals surface area contributed by atoms with Gasteiger partial charge in [0.25, 0.3) is 5.91 Å². The van der Waals surface area contributed by atoms with E-state index in [0.717, 1.165) is 5.56 Å². The summed E-state index contributed by atoms with van der Waals surface area (Å²) in [7, 11) is 1.57. The monoisotopic (exact) mass is 294 g/mol. The van der Waals surface area contributed by atoms with E-state index in [1.165, 1.54) is 0 Å². The van der Waals surface area contributed by atoms with Crippen molar-refractivity contribution in [3.8, 4) is 11.5 Å². The van der Waals surface area contributed by atoms with Crippen molar-refractivity contribution >= 4 is 5.91 Å². The molecule has 5 nitrogen and oxygen atoms in total. The molecule has 0 heterocycles. The van der Waals surface area contributed by atoms with Crippen LogP contribution in [0.2, 0.25) is 0 Å². The van der Waals surface area contributed by atoms with Crippen LogP contribution in [0.4, 0.5) is 0 Å². The number of nitrogens with two attached hydrogens (primary N) is 1. The summed E-state index contributed by atoms with van der Waals surface area (Å²) >= 11 is 0. The number of ether oxygens (including phenoxy) is 2. The molecule has 1 aromatic rings. The van der Waals surface area contributed by atoms with Crippen molar-refractivity contribution in [3.05, 3.63) is 23.8 Å². The van der Waals surface area contributed by atoms with Gasteiger partial charge in [-0.1, -0.05) is 19.9 Å². The van der Waals surface area contributed by atoms with Gasteiger partial charge in [-0.3, -0.25) is 4.79 Å². The average Bonchev–Trinajstić information content (AvgIpc) is 2.44. The molecule has 0 aliphatic heterocycles. The van der Waals surface area contributed by atoms with Gasteiger partial charge in [0, 0.05) is 12.6 Å². The van der Waals surface area contributed by atoms with Crippen LogP contribution in [0.25, 0.3) is 0 Å². The van der Waals surface area contributed by atoms with Gasteiger partial charge < -0.3 is 20.5 Å². The molecule has 0 aliphatic carbocycles. The molecule has 0 aromatic heterocycles. The maximum atomic E-state index is 11.9. The second kappa shape index (κ2) is 7.88. The molecule has 2 unspecified atom stereocenters. The maximum Gasteiger partial charge on any atom is 0.260 e. The highest BCUT2D eigenvalue weighted by atomic mass is 16.5. The first-order valence-electron chi connectivity index (χ1n) is 7.23. The molecular formula is C16H26N2O3. The molecule has 1 aromatic carbocycles. The Morgan fingerprint density at radius 1 is 1.24 bits per heavy atom. The lowest BCUT2D eigenvalue weighted by atomic mass is 10.1. The summed E-state index contributed by atoms with van der Waals surface area (Å²) in [4.78, 5) is 11.9. The molecule has 1 amide bonds. The first-order chi connectivity index (χ1) is 9.85.